The third-order valence-electron chi connectivity index (χ3n) is 7.36. The van der Waals surface area contributed by atoms with Gasteiger partial charge in [-0.25, -0.2) is 4.79 Å². The Kier molecular flexibility index (Phi) is 9.06. The number of nitro groups is 1. The summed E-state index contributed by atoms with van der Waals surface area (Å²) in [6.45, 7) is 3.62. The zero-order valence-corrected chi connectivity index (χ0v) is 23.1. The minimum atomic E-state index is -1.03. The van der Waals surface area contributed by atoms with E-state index in [-0.39, 0.29) is 35.2 Å². The lowest BCUT2D eigenvalue weighted by Crippen LogP contribution is -2.36. The standard InChI is InChI=1S/C30H31N3O8/c1-18-24(29(36)40-3)26(22-14-8-9-15-23(22)33(38)39)25(19(2)31-18)30(37)41-17-11-5-4-10-16-32-27(34)20-12-6-7-13-21(20)28(32)35/h6-9,12-15,24,26H,4-5,10-11,16-17H2,1-3H3. The van der Waals surface area contributed by atoms with Gasteiger partial charge in [-0.3, -0.25) is 34.4 Å². The molecule has 2 aromatic carbocycles. The highest BCUT2D eigenvalue weighted by molar-refractivity contribution is 6.21. The zero-order valence-electron chi connectivity index (χ0n) is 23.1. The summed E-state index contributed by atoms with van der Waals surface area (Å²) in [6.07, 6.45) is 2.53. The Morgan fingerprint density at radius 2 is 1.56 bits per heavy atom. The molecule has 0 spiro atoms. The molecule has 2 aromatic rings. The predicted molar refractivity (Wildman–Crippen MR) is 148 cm³/mol. The number of nitro benzene ring substituents is 1. The van der Waals surface area contributed by atoms with E-state index in [1.165, 1.54) is 30.2 Å². The minimum Gasteiger partial charge on any atom is -0.468 e. The Morgan fingerprint density at radius 1 is 0.951 bits per heavy atom. The van der Waals surface area contributed by atoms with Gasteiger partial charge in [0.2, 0.25) is 0 Å². The summed E-state index contributed by atoms with van der Waals surface area (Å²) in [6, 6.07) is 12.7. The molecule has 2 atom stereocenters. The van der Waals surface area contributed by atoms with Crippen molar-refractivity contribution in [2.24, 2.45) is 10.9 Å². The van der Waals surface area contributed by atoms with Gasteiger partial charge in [-0.05, 0) is 45.2 Å². The Hall–Kier alpha value is -4.67. The lowest BCUT2D eigenvalue weighted by atomic mass is 9.75. The minimum absolute atomic E-state index is 0.0749. The number of ether oxygens (including phenoxy) is 2. The molecular weight excluding hydrogens is 530 g/mol. The molecule has 0 saturated carbocycles. The number of benzene rings is 2. The highest BCUT2D eigenvalue weighted by atomic mass is 16.6. The topological polar surface area (TPSA) is 145 Å². The number of rotatable bonds is 11. The number of carbonyl (C=O) groups is 4. The number of nitrogens with zero attached hydrogens (tertiary/aromatic N) is 3. The third kappa shape index (κ3) is 5.93. The molecule has 0 bridgehead atoms. The number of fused-ring (bicyclic) bond motifs is 1. The van der Waals surface area contributed by atoms with E-state index >= 15 is 0 Å². The first-order chi connectivity index (χ1) is 19.7. The number of hydrogen-bond acceptors (Lipinski definition) is 9. The van der Waals surface area contributed by atoms with Crippen LogP contribution in [0.15, 0.2) is 64.8 Å². The van der Waals surface area contributed by atoms with E-state index in [2.05, 4.69) is 4.99 Å². The van der Waals surface area contributed by atoms with Gasteiger partial charge in [-0.2, -0.15) is 0 Å². The van der Waals surface area contributed by atoms with Gasteiger partial charge in [0.25, 0.3) is 17.5 Å². The van der Waals surface area contributed by atoms with E-state index < -0.39 is 28.7 Å². The second kappa shape index (κ2) is 12.7. The fraction of sp³-hybridized carbons (Fsp3) is 0.367. The molecular formula is C30H31N3O8. The van der Waals surface area contributed by atoms with E-state index in [9.17, 15) is 29.3 Å². The largest absolute Gasteiger partial charge is 0.468 e. The summed E-state index contributed by atoms with van der Waals surface area (Å²) >= 11 is 0. The van der Waals surface area contributed by atoms with E-state index in [4.69, 9.17) is 9.47 Å². The second-order valence-corrected chi connectivity index (χ2v) is 9.90. The molecule has 2 unspecified atom stereocenters. The maximum atomic E-state index is 13.3. The summed E-state index contributed by atoms with van der Waals surface area (Å²) in [7, 11) is 1.21. The molecule has 2 aliphatic heterocycles. The number of unbranched alkanes of at least 4 members (excludes halogenated alkanes) is 3. The van der Waals surface area contributed by atoms with E-state index in [0.29, 0.717) is 54.8 Å². The van der Waals surface area contributed by atoms with Crippen molar-refractivity contribution in [3.8, 4) is 0 Å². The normalized spacial score (nSPS) is 18.2. The van der Waals surface area contributed by atoms with Crippen LogP contribution in [-0.4, -0.2) is 59.5 Å². The van der Waals surface area contributed by atoms with Gasteiger partial charge in [-0.1, -0.05) is 36.8 Å². The highest BCUT2D eigenvalue weighted by Gasteiger charge is 2.44. The summed E-state index contributed by atoms with van der Waals surface area (Å²) in [5.41, 5.74) is 1.59. The van der Waals surface area contributed by atoms with Crippen LogP contribution in [0.25, 0.3) is 0 Å². The van der Waals surface area contributed by atoms with Crippen LogP contribution in [0.3, 0.4) is 0 Å². The van der Waals surface area contributed by atoms with Gasteiger partial charge in [-0.15, -0.1) is 0 Å². The molecule has 41 heavy (non-hydrogen) atoms. The van der Waals surface area contributed by atoms with E-state index in [1.807, 2.05) is 0 Å². The van der Waals surface area contributed by atoms with Gasteiger partial charge >= 0.3 is 11.9 Å². The van der Waals surface area contributed by atoms with Crippen molar-refractivity contribution >= 4 is 35.2 Å². The Labute approximate surface area is 237 Å². The van der Waals surface area contributed by atoms with Gasteiger partial charge < -0.3 is 9.47 Å². The van der Waals surface area contributed by atoms with Crippen molar-refractivity contribution in [2.45, 2.75) is 45.4 Å². The number of esters is 2. The molecule has 0 fully saturated rings. The fourth-order valence-corrected chi connectivity index (χ4v) is 5.40. The lowest BCUT2D eigenvalue weighted by Gasteiger charge is -2.31. The molecule has 2 aliphatic rings. The van der Waals surface area contributed by atoms with Crippen LogP contribution in [-0.2, 0) is 19.1 Å². The number of para-hydroxylation sites is 1. The van der Waals surface area contributed by atoms with E-state index in [0.717, 1.165) is 0 Å². The Bertz CT molecular complexity index is 1430. The van der Waals surface area contributed by atoms with Gasteiger partial charge in [0.05, 0.1) is 35.3 Å². The van der Waals surface area contributed by atoms with Crippen LogP contribution in [0, 0.1) is 16.0 Å². The number of imide groups is 1. The molecule has 0 aromatic heterocycles. The Balaban J connectivity index is 1.37. The average molecular weight is 562 g/mol. The number of methoxy groups -OCH3 is 1. The second-order valence-electron chi connectivity index (χ2n) is 9.90. The van der Waals surface area contributed by atoms with Crippen molar-refractivity contribution < 1.29 is 33.6 Å². The smallest absolute Gasteiger partial charge is 0.336 e. The van der Waals surface area contributed by atoms with Crippen molar-refractivity contribution in [3.63, 3.8) is 0 Å². The molecule has 0 radical (unpaired) electrons. The van der Waals surface area contributed by atoms with Crippen LogP contribution in [0.1, 0.15) is 71.7 Å². The highest BCUT2D eigenvalue weighted by Crippen LogP contribution is 2.43. The van der Waals surface area contributed by atoms with Crippen LogP contribution in [0.5, 0.6) is 0 Å². The van der Waals surface area contributed by atoms with Crippen molar-refractivity contribution in [2.75, 3.05) is 20.3 Å². The summed E-state index contributed by atoms with van der Waals surface area (Å²) < 4.78 is 10.5. The average Bonchev–Trinajstić information content (AvgIpc) is 3.20. The van der Waals surface area contributed by atoms with Crippen LogP contribution < -0.4 is 0 Å². The molecule has 2 amide bonds. The number of carbonyl (C=O) groups excluding carboxylic acids is 4. The molecule has 4 rings (SSSR count). The first-order valence-corrected chi connectivity index (χ1v) is 13.4. The van der Waals surface area contributed by atoms with Crippen LogP contribution in [0.4, 0.5) is 5.69 Å². The van der Waals surface area contributed by atoms with Crippen LogP contribution >= 0.6 is 0 Å². The van der Waals surface area contributed by atoms with Gasteiger partial charge in [0, 0.05) is 35.5 Å². The molecule has 214 valence electrons. The van der Waals surface area contributed by atoms with Gasteiger partial charge in [0.1, 0.15) is 5.92 Å². The molecule has 0 N–H and O–H groups in total. The maximum absolute atomic E-state index is 13.3. The number of aliphatic imine (C=N–C) groups is 1. The predicted octanol–water partition coefficient (Wildman–Crippen LogP) is 4.62. The summed E-state index contributed by atoms with van der Waals surface area (Å²) in [5, 5.41) is 11.8. The van der Waals surface area contributed by atoms with Crippen molar-refractivity contribution in [1.29, 1.82) is 0 Å². The number of amides is 2. The summed E-state index contributed by atoms with van der Waals surface area (Å²) in [5.74, 6) is -3.98. The first-order valence-electron chi connectivity index (χ1n) is 13.4. The SMILES string of the molecule is COC(=O)C1C(C)=NC(C)=C(C(=O)OCCCCCCN2C(=O)c3ccccc3C2=O)C1c1ccccc1[N+](=O)[O-]. The third-order valence-corrected chi connectivity index (χ3v) is 7.36. The van der Waals surface area contributed by atoms with Gasteiger partial charge in [0.15, 0.2) is 0 Å². The Morgan fingerprint density at radius 3 is 2.20 bits per heavy atom. The molecule has 11 nitrogen and oxygen atoms in total. The monoisotopic (exact) mass is 561 g/mol. The molecule has 0 saturated heterocycles. The first kappa shape index (κ1) is 29.3. The number of hydrogen-bond donors (Lipinski definition) is 0. The fourth-order valence-electron chi connectivity index (χ4n) is 5.40. The number of allylic oxidation sites excluding steroid dienone is 1. The van der Waals surface area contributed by atoms with Crippen LogP contribution in [0.2, 0.25) is 0 Å². The zero-order chi connectivity index (χ0) is 29.7. The quantitative estimate of drug-likeness (QED) is 0.127. The molecule has 0 aliphatic carbocycles. The lowest BCUT2D eigenvalue weighted by molar-refractivity contribution is -0.385. The van der Waals surface area contributed by atoms with Crippen molar-refractivity contribution in [1.82, 2.24) is 4.90 Å². The van der Waals surface area contributed by atoms with E-state index in [1.54, 1.807) is 44.2 Å². The maximum Gasteiger partial charge on any atom is 0.336 e. The molecule has 11 heteroatoms. The van der Waals surface area contributed by atoms with Crippen molar-refractivity contribution in [3.05, 3.63) is 86.6 Å². The molecule has 2 heterocycles. The summed E-state index contributed by atoms with van der Waals surface area (Å²) in [4.78, 5) is 68.0.